The number of carbonyl (C=O) groups excluding carboxylic acids is 2. The van der Waals surface area contributed by atoms with E-state index in [1.165, 1.54) is 0 Å². The molecule has 4 nitrogen and oxygen atoms in total. The predicted molar refractivity (Wildman–Crippen MR) is 44.1 cm³/mol. The van der Waals surface area contributed by atoms with Gasteiger partial charge in [-0.1, -0.05) is 6.58 Å². The molecule has 2 N–H and O–H groups in total. The minimum Gasteiger partial charge on any atom is -0.366 e. The summed E-state index contributed by atoms with van der Waals surface area (Å²) in [5, 5.41) is 0. The normalized spacial score (nSPS) is 16.7. The van der Waals surface area contributed by atoms with Crippen LogP contribution < -0.4 is 5.73 Å². The van der Waals surface area contributed by atoms with Crippen LogP contribution in [0.15, 0.2) is 12.2 Å². The lowest BCUT2D eigenvalue weighted by Gasteiger charge is -2.14. The van der Waals surface area contributed by atoms with Crippen LogP contribution in [0.3, 0.4) is 0 Å². The van der Waals surface area contributed by atoms with Gasteiger partial charge >= 0.3 is 0 Å². The Balaban J connectivity index is 2.46. The van der Waals surface area contributed by atoms with Crippen LogP contribution in [0.1, 0.15) is 12.8 Å². The molecule has 1 aliphatic heterocycles. The van der Waals surface area contributed by atoms with Gasteiger partial charge in [-0.15, -0.1) is 0 Å². The average molecular weight is 168 g/mol. The fourth-order valence-electron chi connectivity index (χ4n) is 1.18. The van der Waals surface area contributed by atoms with E-state index in [1.807, 2.05) is 0 Å². The highest BCUT2D eigenvalue weighted by Gasteiger charge is 2.21. The highest BCUT2D eigenvalue weighted by Crippen LogP contribution is 2.10. The molecule has 1 saturated heterocycles. The van der Waals surface area contributed by atoms with Crippen molar-refractivity contribution in [3.63, 3.8) is 0 Å². The number of nitrogens with zero attached hydrogens (tertiary/aromatic N) is 1. The summed E-state index contributed by atoms with van der Waals surface area (Å²) in [5.74, 6) is -0.452. The van der Waals surface area contributed by atoms with Crippen molar-refractivity contribution in [2.45, 2.75) is 12.8 Å². The van der Waals surface area contributed by atoms with Crippen molar-refractivity contribution in [2.24, 2.45) is 5.73 Å². The summed E-state index contributed by atoms with van der Waals surface area (Å²) < 4.78 is 0. The number of nitrogens with two attached hydrogens (primary N) is 1. The molecule has 1 aliphatic rings. The lowest BCUT2D eigenvalue weighted by Crippen LogP contribution is -2.30. The zero-order valence-corrected chi connectivity index (χ0v) is 6.88. The maximum absolute atomic E-state index is 11.1. The first kappa shape index (κ1) is 8.77. The predicted octanol–water partition coefficient (Wildman–Crippen LogP) is -0.350. The average Bonchev–Trinajstić information content (AvgIpc) is 2.36. The maximum atomic E-state index is 11.1. The third-order valence-corrected chi connectivity index (χ3v) is 1.90. The van der Waals surface area contributed by atoms with Gasteiger partial charge in [-0.25, -0.2) is 0 Å². The van der Waals surface area contributed by atoms with E-state index < -0.39 is 5.91 Å². The van der Waals surface area contributed by atoms with Gasteiger partial charge < -0.3 is 10.6 Å². The number of primary amides is 1. The van der Waals surface area contributed by atoms with Gasteiger partial charge in [0.15, 0.2) is 0 Å². The summed E-state index contributed by atoms with van der Waals surface area (Å²) in [5.41, 5.74) is 5.28. The summed E-state index contributed by atoms with van der Waals surface area (Å²) in [7, 11) is 0. The second-order valence-electron chi connectivity index (χ2n) is 2.89. The number of likely N-dealkylation sites (tertiary alicyclic amines) is 1. The van der Waals surface area contributed by atoms with Gasteiger partial charge in [-0.2, -0.15) is 0 Å². The second kappa shape index (κ2) is 3.38. The van der Waals surface area contributed by atoms with E-state index in [1.54, 1.807) is 4.90 Å². The van der Waals surface area contributed by atoms with Crippen LogP contribution in [-0.2, 0) is 9.59 Å². The Morgan fingerprint density at radius 3 is 2.75 bits per heavy atom. The molecule has 0 atom stereocenters. The van der Waals surface area contributed by atoms with Crippen molar-refractivity contribution < 1.29 is 9.59 Å². The van der Waals surface area contributed by atoms with Crippen molar-refractivity contribution in [1.29, 1.82) is 0 Å². The van der Waals surface area contributed by atoms with Crippen LogP contribution in [0.25, 0.3) is 0 Å². The van der Waals surface area contributed by atoms with Crippen LogP contribution in [0.4, 0.5) is 0 Å². The van der Waals surface area contributed by atoms with Crippen LogP contribution in [0, 0.1) is 0 Å². The maximum Gasteiger partial charge on any atom is 0.245 e. The van der Waals surface area contributed by atoms with Crippen molar-refractivity contribution in [3.8, 4) is 0 Å². The largest absolute Gasteiger partial charge is 0.366 e. The molecule has 1 rings (SSSR count). The summed E-state index contributed by atoms with van der Waals surface area (Å²) in [6, 6.07) is 0. The quantitative estimate of drug-likeness (QED) is 0.585. The highest BCUT2D eigenvalue weighted by atomic mass is 16.2. The second-order valence-corrected chi connectivity index (χ2v) is 2.89. The summed E-state index contributed by atoms with van der Waals surface area (Å²) in [6.07, 6.45) is 1.44. The molecule has 0 aliphatic carbocycles. The molecule has 0 aromatic carbocycles. The molecule has 1 heterocycles. The molecule has 0 bridgehead atoms. The van der Waals surface area contributed by atoms with E-state index in [9.17, 15) is 9.59 Å². The van der Waals surface area contributed by atoms with E-state index in [0.29, 0.717) is 18.5 Å². The van der Waals surface area contributed by atoms with Gasteiger partial charge in [-0.05, 0) is 6.42 Å². The monoisotopic (exact) mass is 168 g/mol. The lowest BCUT2D eigenvalue weighted by molar-refractivity contribution is -0.127. The summed E-state index contributed by atoms with van der Waals surface area (Å²) in [6.45, 7) is 4.48. The summed E-state index contributed by atoms with van der Waals surface area (Å²) in [4.78, 5) is 23.2. The Morgan fingerprint density at radius 1 is 1.67 bits per heavy atom. The van der Waals surface area contributed by atoms with Crippen LogP contribution >= 0.6 is 0 Å². The Bertz CT molecular complexity index is 235. The first-order chi connectivity index (χ1) is 5.61. The number of hydrogen-bond donors (Lipinski definition) is 1. The Morgan fingerprint density at radius 2 is 2.33 bits per heavy atom. The summed E-state index contributed by atoms with van der Waals surface area (Å²) >= 11 is 0. The van der Waals surface area contributed by atoms with E-state index in [4.69, 9.17) is 5.73 Å². The number of amides is 2. The van der Waals surface area contributed by atoms with Gasteiger partial charge in [-0.3, -0.25) is 9.59 Å². The Hall–Kier alpha value is -1.32. The fourth-order valence-corrected chi connectivity index (χ4v) is 1.18. The molecule has 66 valence electrons. The van der Waals surface area contributed by atoms with Crippen LogP contribution in [0.5, 0.6) is 0 Å². The van der Waals surface area contributed by atoms with Gasteiger partial charge in [0.1, 0.15) is 0 Å². The minimum absolute atomic E-state index is 0.0809. The van der Waals surface area contributed by atoms with Gasteiger partial charge in [0.05, 0.1) is 6.54 Å². The van der Waals surface area contributed by atoms with Crippen LogP contribution in [0.2, 0.25) is 0 Å². The Kier molecular flexibility index (Phi) is 2.47. The van der Waals surface area contributed by atoms with Gasteiger partial charge in [0.2, 0.25) is 11.8 Å². The topological polar surface area (TPSA) is 63.4 Å². The van der Waals surface area contributed by atoms with Crippen molar-refractivity contribution in [2.75, 3.05) is 13.1 Å². The molecule has 0 unspecified atom stereocenters. The molecule has 1 fully saturated rings. The Labute approximate surface area is 71.0 Å². The SMILES string of the molecule is C=C(CN1CCCC1=O)C(N)=O. The number of carbonyl (C=O) groups is 2. The molecule has 0 saturated carbocycles. The lowest BCUT2D eigenvalue weighted by atomic mass is 10.3. The molecular formula is C8H12N2O2. The molecule has 0 aromatic heterocycles. The third-order valence-electron chi connectivity index (χ3n) is 1.90. The molecule has 2 amide bonds. The smallest absolute Gasteiger partial charge is 0.245 e. The fraction of sp³-hybridized carbons (Fsp3) is 0.500. The third kappa shape index (κ3) is 1.84. The van der Waals surface area contributed by atoms with Crippen molar-refractivity contribution in [1.82, 2.24) is 4.90 Å². The zero-order valence-electron chi connectivity index (χ0n) is 6.88. The molecule has 0 radical (unpaired) electrons. The molecule has 0 spiro atoms. The number of hydrogen-bond acceptors (Lipinski definition) is 2. The van der Waals surface area contributed by atoms with E-state index in [2.05, 4.69) is 6.58 Å². The standard InChI is InChI=1S/C8H12N2O2/c1-6(8(9)12)5-10-4-2-3-7(10)11/h1-5H2,(H2,9,12). The molecule has 4 heteroatoms. The molecular weight excluding hydrogens is 156 g/mol. The van der Waals surface area contributed by atoms with Crippen LogP contribution in [-0.4, -0.2) is 29.8 Å². The minimum atomic E-state index is -0.533. The van der Waals surface area contributed by atoms with Gasteiger partial charge in [0.25, 0.3) is 0 Å². The van der Waals surface area contributed by atoms with E-state index >= 15 is 0 Å². The molecule has 12 heavy (non-hydrogen) atoms. The zero-order chi connectivity index (χ0) is 9.14. The first-order valence-electron chi connectivity index (χ1n) is 3.86. The molecule has 0 aromatic rings. The van der Waals surface area contributed by atoms with Crippen molar-refractivity contribution >= 4 is 11.8 Å². The highest BCUT2D eigenvalue weighted by molar-refractivity contribution is 5.92. The van der Waals surface area contributed by atoms with E-state index in [-0.39, 0.29) is 12.5 Å². The van der Waals surface area contributed by atoms with Gasteiger partial charge in [0, 0.05) is 18.5 Å². The van der Waals surface area contributed by atoms with Crippen molar-refractivity contribution in [3.05, 3.63) is 12.2 Å². The van der Waals surface area contributed by atoms with E-state index in [0.717, 1.165) is 6.42 Å². The number of rotatable bonds is 3. The first-order valence-corrected chi connectivity index (χ1v) is 3.86.